The van der Waals surface area contributed by atoms with Gasteiger partial charge in [0.25, 0.3) is 0 Å². The summed E-state index contributed by atoms with van der Waals surface area (Å²) in [4.78, 5) is 0. The van der Waals surface area contributed by atoms with Crippen molar-refractivity contribution in [1.29, 1.82) is 0 Å². The van der Waals surface area contributed by atoms with Gasteiger partial charge in [0.15, 0.2) is 16.3 Å². The molecule has 0 amide bonds. The van der Waals surface area contributed by atoms with Gasteiger partial charge in [-0.3, -0.25) is 0 Å². The van der Waals surface area contributed by atoms with Crippen LogP contribution < -0.4 is 30.3 Å². The zero-order valence-corrected chi connectivity index (χ0v) is 44.8. The molecule has 4 nitrogen and oxygen atoms in total. The van der Waals surface area contributed by atoms with E-state index in [4.69, 9.17) is 9.05 Å². The van der Waals surface area contributed by atoms with Crippen LogP contribution in [0.3, 0.4) is 0 Å². The van der Waals surface area contributed by atoms with E-state index in [1.807, 2.05) is 0 Å². The van der Waals surface area contributed by atoms with E-state index in [1.165, 1.54) is 65.9 Å². The second-order valence-corrected chi connectivity index (χ2v) is 23.7. The predicted molar refractivity (Wildman–Crippen MR) is 332 cm³/mol. The molecule has 79 heavy (non-hydrogen) atoms. The summed E-state index contributed by atoms with van der Waals surface area (Å²) < 4.78 is 19.2. The van der Waals surface area contributed by atoms with Gasteiger partial charge >= 0.3 is 0 Å². The first-order valence-corrected chi connectivity index (χ1v) is 29.3. The minimum atomic E-state index is -1.16. The number of rotatable bonds is 12. The van der Waals surface area contributed by atoms with Crippen molar-refractivity contribution < 1.29 is 9.05 Å². The molecule has 0 saturated heterocycles. The molecular formula is C73H50N2O2P2. The Morgan fingerprint density at radius 1 is 0.266 bits per heavy atom. The molecule has 0 radical (unpaired) electrons. The van der Waals surface area contributed by atoms with Crippen LogP contribution in [0.25, 0.3) is 66.1 Å². The van der Waals surface area contributed by atoms with E-state index in [0.29, 0.717) is 0 Å². The van der Waals surface area contributed by atoms with Crippen molar-refractivity contribution in [2.75, 3.05) is 0 Å². The van der Waals surface area contributed by atoms with Gasteiger partial charge in [0, 0.05) is 54.1 Å². The molecule has 0 atom stereocenters. The molecule has 0 aliphatic heterocycles. The monoisotopic (exact) mass is 1050 g/mol. The minimum Gasteiger partial charge on any atom is -0.464 e. The molecule has 0 spiro atoms. The molecule has 1 aliphatic carbocycles. The first-order chi connectivity index (χ1) is 39.2. The summed E-state index contributed by atoms with van der Waals surface area (Å²) in [6, 6.07) is 110. The highest BCUT2D eigenvalue weighted by Gasteiger charge is 2.47. The largest absolute Gasteiger partial charge is 0.464 e. The summed E-state index contributed by atoms with van der Waals surface area (Å²) in [5.74, 6) is 1.63. The van der Waals surface area contributed by atoms with Crippen molar-refractivity contribution >= 4 is 81.1 Å². The van der Waals surface area contributed by atoms with Gasteiger partial charge in [0.1, 0.15) is 11.5 Å². The molecule has 0 saturated carbocycles. The maximum atomic E-state index is 7.15. The first-order valence-electron chi connectivity index (χ1n) is 26.8. The Kier molecular flexibility index (Phi) is 11.7. The molecule has 14 aromatic rings. The maximum Gasteiger partial charge on any atom is 0.150 e. The van der Waals surface area contributed by atoms with Crippen LogP contribution in [-0.2, 0) is 5.41 Å². The minimum absolute atomic E-state index is 0.813. The maximum absolute atomic E-state index is 7.15. The van der Waals surface area contributed by atoms with Crippen LogP contribution in [0.15, 0.2) is 303 Å². The molecule has 2 heterocycles. The van der Waals surface area contributed by atoms with Gasteiger partial charge in [0.05, 0.1) is 27.5 Å². The number of hydrogen-bond acceptors (Lipinski definition) is 2. The molecule has 12 aromatic carbocycles. The summed E-state index contributed by atoms with van der Waals surface area (Å²) >= 11 is 0. The van der Waals surface area contributed by atoms with Gasteiger partial charge in [-0.05, 0) is 106 Å². The van der Waals surface area contributed by atoms with Gasteiger partial charge < -0.3 is 18.2 Å². The lowest BCUT2D eigenvalue weighted by atomic mass is 9.67. The van der Waals surface area contributed by atoms with Gasteiger partial charge in [-0.25, -0.2) is 0 Å². The van der Waals surface area contributed by atoms with E-state index in [2.05, 4.69) is 312 Å². The second kappa shape index (κ2) is 19.6. The van der Waals surface area contributed by atoms with Crippen LogP contribution >= 0.6 is 16.3 Å². The Morgan fingerprint density at radius 3 is 0.848 bits per heavy atom. The fourth-order valence-electron chi connectivity index (χ4n) is 12.3. The molecule has 1 aliphatic rings. The number of benzene rings is 12. The van der Waals surface area contributed by atoms with Crippen LogP contribution in [0.5, 0.6) is 11.5 Å². The summed E-state index contributed by atoms with van der Waals surface area (Å²) in [6.45, 7) is 0. The summed E-state index contributed by atoms with van der Waals surface area (Å²) in [6.07, 6.45) is 0. The van der Waals surface area contributed by atoms with E-state index in [-0.39, 0.29) is 0 Å². The Morgan fingerprint density at radius 2 is 0.544 bits per heavy atom. The third kappa shape index (κ3) is 7.90. The standard InChI is InChI=1S/C73H50N2O2P2/c1-5-21-57(22-6-1)78(58-23-7-2-8-24-58)76-55-43-37-51(38-44-55)73(52-39-45-56(46-40-52)77-79(59-25-9-3-10-26-59)60-27-11-4-12-28-60)67-49-53(74-69-33-17-13-29-63(69)64-30-14-18-34-70(64)74)41-47-61(67)62-48-42-54(50-68(62)73)75-71-35-19-15-31-65(71)66-32-16-20-36-72(66)75/h1-50H. The van der Waals surface area contributed by atoms with Gasteiger partial charge in [-0.2, -0.15) is 0 Å². The van der Waals surface area contributed by atoms with Crippen LogP contribution in [0, 0.1) is 0 Å². The third-order valence-corrected chi connectivity index (χ3v) is 19.6. The van der Waals surface area contributed by atoms with Crippen molar-refractivity contribution in [2.45, 2.75) is 5.41 Å². The smallest absolute Gasteiger partial charge is 0.150 e. The van der Waals surface area contributed by atoms with E-state index in [0.717, 1.165) is 55.2 Å². The number of hydrogen-bond donors (Lipinski definition) is 0. The molecule has 0 N–H and O–H groups in total. The van der Waals surface area contributed by atoms with Crippen LogP contribution in [0.4, 0.5) is 0 Å². The molecule has 0 bridgehead atoms. The molecular weight excluding hydrogens is 999 g/mol. The molecule has 0 unspecified atom stereocenters. The fourth-order valence-corrected chi connectivity index (χ4v) is 15.7. The molecule has 15 rings (SSSR count). The zero-order valence-electron chi connectivity index (χ0n) is 43.0. The average Bonchev–Trinajstić information content (AvgIpc) is 3.38. The number of fused-ring (bicyclic) bond motifs is 9. The summed E-state index contributed by atoms with van der Waals surface area (Å²) in [5, 5.41) is 9.54. The summed E-state index contributed by atoms with van der Waals surface area (Å²) in [7, 11) is -2.32. The van der Waals surface area contributed by atoms with Crippen LogP contribution in [-0.4, -0.2) is 9.13 Å². The number of aromatic nitrogens is 2. The van der Waals surface area contributed by atoms with Gasteiger partial charge in [-0.1, -0.05) is 231 Å². The van der Waals surface area contributed by atoms with Crippen molar-refractivity contribution in [1.82, 2.24) is 9.13 Å². The zero-order chi connectivity index (χ0) is 52.3. The van der Waals surface area contributed by atoms with Crippen LogP contribution in [0.2, 0.25) is 0 Å². The molecule has 6 heteroatoms. The molecule has 2 aromatic heterocycles. The number of nitrogens with zero attached hydrogens (tertiary/aromatic N) is 2. The van der Waals surface area contributed by atoms with E-state index >= 15 is 0 Å². The van der Waals surface area contributed by atoms with Gasteiger partial charge in [0.2, 0.25) is 0 Å². The SMILES string of the molecule is c1ccc(P(Oc2ccc(C3(c4ccc(OP(c5ccccc5)c5ccccc5)cc4)c4cc(-n5c6ccccc6c6ccccc65)ccc4-c4ccc(-n5c6ccccc6c6ccccc65)cc43)cc2)c2ccccc2)cc1. The quantitative estimate of drug-likeness (QED) is 0.114. The highest BCUT2D eigenvalue weighted by Crippen LogP contribution is 2.58. The molecule has 374 valence electrons. The third-order valence-electron chi connectivity index (χ3n) is 15.7. The average molecular weight is 1050 g/mol. The van der Waals surface area contributed by atoms with Gasteiger partial charge in [-0.15, -0.1) is 0 Å². The highest BCUT2D eigenvalue weighted by atomic mass is 31.1. The lowest BCUT2D eigenvalue weighted by molar-refractivity contribution is 0.626. The van der Waals surface area contributed by atoms with E-state index in [9.17, 15) is 0 Å². The fraction of sp³-hybridized carbons (Fsp3) is 0.0137. The van der Waals surface area contributed by atoms with Crippen LogP contribution in [0.1, 0.15) is 22.3 Å². The summed E-state index contributed by atoms with van der Waals surface area (Å²) in [5.41, 5.74) is 13.1. The highest BCUT2D eigenvalue weighted by molar-refractivity contribution is 7.69. The Bertz CT molecular complexity index is 4060. The van der Waals surface area contributed by atoms with E-state index in [1.54, 1.807) is 0 Å². The Labute approximate surface area is 461 Å². The predicted octanol–water partition coefficient (Wildman–Crippen LogP) is 17.1. The van der Waals surface area contributed by atoms with Crippen molar-refractivity contribution in [3.8, 4) is 34.0 Å². The topological polar surface area (TPSA) is 28.3 Å². The van der Waals surface area contributed by atoms with Crippen molar-refractivity contribution in [3.63, 3.8) is 0 Å². The molecule has 0 fully saturated rings. The lowest BCUT2D eigenvalue weighted by Crippen LogP contribution is -2.29. The Hall–Kier alpha value is -9.30. The first kappa shape index (κ1) is 47.0. The van der Waals surface area contributed by atoms with Crippen molar-refractivity contribution in [2.24, 2.45) is 0 Å². The lowest BCUT2D eigenvalue weighted by Gasteiger charge is -2.35. The second-order valence-electron chi connectivity index (χ2n) is 20.1. The van der Waals surface area contributed by atoms with E-state index < -0.39 is 21.7 Å². The van der Waals surface area contributed by atoms with Crippen molar-refractivity contribution in [3.05, 3.63) is 326 Å². The Balaban J connectivity index is 0.971. The number of para-hydroxylation sites is 4. The normalized spacial score (nSPS) is 12.6.